The summed E-state index contributed by atoms with van der Waals surface area (Å²) in [6.45, 7) is 5.74. The van der Waals surface area contributed by atoms with E-state index in [-0.39, 0.29) is 17.6 Å². The van der Waals surface area contributed by atoms with Crippen molar-refractivity contribution in [2.24, 2.45) is 0 Å². The maximum absolute atomic E-state index is 12.3. The smallest absolute Gasteiger partial charge is 0.234 e. The Hall–Kier alpha value is -3.13. The predicted octanol–water partition coefficient (Wildman–Crippen LogP) is 4.08. The molecule has 1 aromatic heterocycles. The van der Waals surface area contributed by atoms with Crippen molar-refractivity contribution in [2.45, 2.75) is 31.8 Å². The van der Waals surface area contributed by atoms with Crippen LogP contribution in [0.2, 0.25) is 0 Å². The van der Waals surface area contributed by atoms with Crippen molar-refractivity contribution in [2.75, 3.05) is 16.4 Å². The van der Waals surface area contributed by atoms with Gasteiger partial charge in [0.05, 0.1) is 5.75 Å². The highest BCUT2D eigenvalue weighted by Gasteiger charge is 2.11. The van der Waals surface area contributed by atoms with Gasteiger partial charge in [-0.05, 0) is 41.8 Å². The summed E-state index contributed by atoms with van der Waals surface area (Å²) < 4.78 is 1.86. The molecular formula is C21H23N5O2S. The first-order chi connectivity index (χ1) is 13.9. The zero-order chi connectivity index (χ0) is 20.8. The number of benzene rings is 2. The summed E-state index contributed by atoms with van der Waals surface area (Å²) >= 11 is 1.31. The van der Waals surface area contributed by atoms with Gasteiger partial charge in [-0.25, -0.2) is 0 Å². The van der Waals surface area contributed by atoms with Gasteiger partial charge in [-0.15, -0.1) is 10.2 Å². The van der Waals surface area contributed by atoms with E-state index in [4.69, 9.17) is 0 Å². The molecule has 0 saturated heterocycles. The lowest BCUT2D eigenvalue weighted by Crippen LogP contribution is -2.15. The van der Waals surface area contributed by atoms with Gasteiger partial charge >= 0.3 is 0 Å². The largest absolute Gasteiger partial charge is 0.326 e. The highest BCUT2D eigenvalue weighted by atomic mass is 32.2. The Balaban J connectivity index is 1.61. The quantitative estimate of drug-likeness (QED) is 0.574. The molecule has 2 aromatic carbocycles. The summed E-state index contributed by atoms with van der Waals surface area (Å²) in [5, 5.41) is 14.3. The lowest BCUT2D eigenvalue weighted by Gasteiger charge is -2.10. The summed E-state index contributed by atoms with van der Waals surface area (Å²) in [6, 6.07) is 15.2. The van der Waals surface area contributed by atoms with Crippen LogP contribution in [0.5, 0.6) is 0 Å². The topological polar surface area (TPSA) is 88.9 Å². The van der Waals surface area contributed by atoms with Gasteiger partial charge in [-0.2, -0.15) is 0 Å². The van der Waals surface area contributed by atoms with E-state index in [1.807, 2.05) is 16.7 Å². The Morgan fingerprint density at radius 2 is 1.76 bits per heavy atom. The second-order valence-corrected chi connectivity index (χ2v) is 7.77. The molecule has 0 bridgehead atoms. The third-order valence-corrected chi connectivity index (χ3v) is 5.10. The molecule has 8 heteroatoms. The summed E-state index contributed by atoms with van der Waals surface area (Å²) in [5.41, 5.74) is 3.46. The maximum Gasteiger partial charge on any atom is 0.234 e. The molecule has 2 amide bonds. The summed E-state index contributed by atoms with van der Waals surface area (Å²) in [5.74, 6) is 0.323. The van der Waals surface area contributed by atoms with Crippen LogP contribution in [-0.4, -0.2) is 32.3 Å². The van der Waals surface area contributed by atoms with E-state index in [1.165, 1.54) is 24.2 Å². The van der Waals surface area contributed by atoms with Gasteiger partial charge in [0, 0.05) is 24.0 Å². The number of thioether (sulfide) groups is 1. The van der Waals surface area contributed by atoms with Gasteiger partial charge in [0.1, 0.15) is 6.33 Å². The molecule has 0 spiro atoms. The van der Waals surface area contributed by atoms with Gasteiger partial charge in [-0.1, -0.05) is 43.8 Å². The highest BCUT2D eigenvalue weighted by Crippen LogP contribution is 2.22. The van der Waals surface area contributed by atoms with Gasteiger partial charge in [0.25, 0.3) is 0 Å². The van der Waals surface area contributed by atoms with Crippen LogP contribution >= 0.6 is 11.8 Å². The molecule has 0 aliphatic rings. The average molecular weight is 410 g/mol. The predicted molar refractivity (Wildman–Crippen MR) is 116 cm³/mol. The first kappa shape index (κ1) is 20.6. The molecular weight excluding hydrogens is 386 g/mol. The number of aromatic nitrogens is 3. The number of rotatable bonds is 7. The second-order valence-electron chi connectivity index (χ2n) is 6.83. The van der Waals surface area contributed by atoms with Gasteiger partial charge < -0.3 is 10.6 Å². The van der Waals surface area contributed by atoms with Crippen molar-refractivity contribution in [3.05, 3.63) is 60.4 Å². The zero-order valence-corrected chi connectivity index (χ0v) is 17.4. The molecule has 2 N–H and O–H groups in total. The molecule has 0 aliphatic heterocycles. The van der Waals surface area contributed by atoms with E-state index in [2.05, 4.69) is 46.8 Å². The van der Waals surface area contributed by atoms with Crippen LogP contribution in [0.3, 0.4) is 0 Å². The Morgan fingerprint density at radius 1 is 1.07 bits per heavy atom. The van der Waals surface area contributed by atoms with E-state index in [0.29, 0.717) is 22.4 Å². The molecule has 0 atom stereocenters. The fraction of sp³-hybridized carbons (Fsp3) is 0.238. The molecule has 0 aliphatic carbocycles. The maximum atomic E-state index is 12.3. The average Bonchev–Trinajstić information content (AvgIpc) is 3.15. The normalized spacial score (nSPS) is 10.8. The highest BCUT2D eigenvalue weighted by molar-refractivity contribution is 7.99. The number of carbonyl (C=O) groups is 2. The molecule has 1 heterocycles. The summed E-state index contributed by atoms with van der Waals surface area (Å²) in [6.07, 6.45) is 1.64. The number of anilines is 2. The van der Waals surface area contributed by atoms with Crippen molar-refractivity contribution >= 4 is 35.0 Å². The van der Waals surface area contributed by atoms with Crippen molar-refractivity contribution in [3.63, 3.8) is 0 Å². The summed E-state index contributed by atoms with van der Waals surface area (Å²) in [7, 11) is 0. The monoisotopic (exact) mass is 409 g/mol. The molecule has 29 heavy (non-hydrogen) atoms. The molecule has 150 valence electrons. The first-order valence-corrected chi connectivity index (χ1v) is 10.2. The van der Waals surface area contributed by atoms with Crippen LogP contribution in [0.4, 0.5) is 11.4 Å². The SMILES string of the molecule is CC(=O)Nc1cccc(NC(=O)CSc2nncn2-c2ccc(C(C)C)cc2)c1. The minimum Gasteiger partial charge on any atom is -0.326 e. The zero-order valence-electron chi connectivity index (χ0n) is 16.5. The van der Waals surface area contributed by atoms with E-state index in [1.54, 1.807) is 30.6 Å². The van der Waals surface area contributed by atoms with Crippen LogP contribution in [0.15, 0.2) is 60.0 Å². The third kappa shape index (κ3) is 5.68. The van der Waals surface area contributed by atoms with Gasteiger partial charge in [-0.3, -0.25) is 14.2 Å². The number of hydrogen-bond acceptors (Lipinski definition) is 5. The van der Waals surface area contributed by atoms with E-state index < -0.39 is 0 Å². The van der Waals surface area contributed by atoms with Crippen LogP contribution in [0, 0.1) is 0 Å². The number of carbonyl (C=O) groups excluding carboxylic acids is 2. The number of amides is 2. The Labute approximate surface area is 173 Å². The number of nitrogens with one attached hydrogen (secondary N) is 2. The number of hydrogen-bond donors (Lipinski definition) is 2. The van der Waals surface area contributed by atoms with Gasteiger partial charge in [0.15, 0.2) is 5.16 Å². The molecule has 3 rings (SSSR count). The lowest BCUT2D eigenvalue weighted by molar-refractivity contribution is -0.114. The van der Waals surface area contributed by atoms with E-state index >= 15 is 0 Å². The van der Waals surface area contributed by atoms with Gasteiger partial charge in [0.2, 0.25) is 11.8 Å². The van der Waals surface area contributed by atoms with Crippen LogP contribution in [-0.2, 0) is 9.59 Å². The molecule has 0 unspecified atom stereocenters. The molecule has 3 aromatic rings. The standard InChI is InChI=1S/C21H23N5O2S/c1-14(2)16-7-9-19(10-8-16)26-13-22-25-21(26)29-12-20(28)24-18-6-4-5-17(11-18)23-15(3)27/h4-11,13-14H,12H2,1-3H3,(H,23,27)(H,24,28). The third-order valence-electron chi connectivity index (χ3n) is 4.15. The Bertz CT molecular complexity index is 998. The Kier molecular flexibility index (Phi) is 6.66. The van der Waals surface area contributed by atoms with Crippen LogP contribution in [0.25, 0.3) is 5.69 Å². The fourth-order valence-corrected chi connectivity index (χ4v) is 3.45. The van der Waals surface area contributed by atoms with Crippen LogP contribution < -0.4 is 10.6 Å². The minimum atomic E-state index is -0.167. The van der Waals surface area contributed by atoms with E-state index in [9.17, 15) is 9.59 Å². The Morgan fingerprint density at radius 3 is 2.41 bits per heavy atom. The lowest BCUT2D eigenvalue weighted by atomic mass is 10.0. The fourth-order valence-electron chi connectivity index (χ4n) is 2.72. The molecule has 0 fully saturated rings. The first-order valence-electron chi connectivity index (χ1n) is 9.23. The minimum absolute atomic E-state index is 0.162. The van der Waals surface area contributed by atoms with Crippen LogP contribution in [0.1, 0.15) is 32.3 Å². The number of nitrogens with zero attached hydrogens (tertiary/aromatic N) is 3. The molecule has 0 saturated carbocycles. The van der Waals surface area contributed by atoms with Crippen molar-refractivity contribution < 1.29 is 9.59 Å². The second kappa shape index (κ2) is 9.38. The molecule has 7 nitrogen and oxygen atoms in total. The van der Waals surface area contributed by atoms with Crippen molar-refractivity contribution in [1.82, 2.24) is 14.8 Å². The van der Waals surface area contributed by atoms with Crippen molar-refractivity contribution in [3.8, 4) is 5.69 Å². The molecule has 0 radical (unpaired) electrons. The van der Waals surface area contributed by atoms with Crippen molar-refractivity contribution in [1.29, 1.82) is 0 Å². The van der Waals surface area contributed by atoms with E-state index in [0.717, 1.165) is 5.69 Å². The summed E-state index contributed by atoms with van der Waals surface area (Å²) in [4.78, 5) is 23.5.